The van der Waals surface area contributed by atoms with E-state index in [-0.39, 0.29) is 5.75 Å². The summed E-state index contributed by atoms with van der Waals surface area (Å²) in [5, 5.41) is 9.78. The average molecular weight is 402 g/mol. The Morgan fingerprint density at radius 3 is 2.40 bits per heavy atom. The predicted octanol–water partition coefficient (Wildman–Crippen LogP) is 5.81. The molecule has 3 aromatic rings. The number of hydrogen-bond acceptors (Lipinski definition) is 4. The Labute approximate surface area is 178 Å². The zero-order valence-electron chi connectivity index (χ0n) is 17.7. The van der Waals surface area contributed by atoms with Gasteiger partial charge in [-0.1, -0.05) is 37.3 Å². The van der Waals surface area contributed by atoms with Crippen molar-refractivity contribution in [3.05, 3.63) is 83.4 Å². The first kappa shape index (κ1) is 20.0. The molecule has 30 heavy (non-hydrogen) atoms. The third-order valence-electron chi connectivity index (χ3n) is 5.27. The molecule has 4 rings (SSSR count). The summed E-state index contributed by atoms with van der Waals surface area (Å²) in [6.45, 7) is 3.62. The Kier molecular flexibility index (Phi) is 5.77. The average Bonchev–Trinajstić information content (AvgIpc) is 2.87. The lowest BCUT2D eigenvalue weighted by molar-refractivity contribution is 0.260. The summed E-state index contributed by atoms with van der Waals surface area (Å²) in [6, 6.07) is 21.6. The van der Waals surface area contributed by atoms with Crippen LogP contribution < -0.4 is 9.47 Å². The van der Waals surface area contributed by atoms with Gasteiger partial charge in [0.1, 0.15) is 29.6 Å². The fraction of sp³-hybridized carbons (Fsp3) is 0.231. The van der Waals surface area contributed by atoms with Crippen LogP contribution in [0.1, 0.15) is 30.0 Å². The Bertz CT molecular complexity index is 1070. The summed E-state index contributed by atoms with van der Waals surface area (Å²) in [4.78, 5) is 2.09. The highest BCUT2D eigenvalue weighted by atomic mass is 16.5. The van der Waals surface area contributed by atoms with Crippen LogP contribution >= 0.6 is 0 Å². The summed E-state index contributed by atoms with van der Waals surface area (Å²) < 4.78 is 12.3. The molecule has 0 radical (unpaired) electrons. The van der Waals surface area contributed by atoms with Crippen molar-refractivity contribution in [1.29, 1.82) is 0 Å². The van der Waals surface area contributed by atoms with Gasteiger partial charge >= 0.3 is 0 Å². The fourth-order valence-electron chi connectivity index (χ4n) is 3.78. The molecular weight excluding hydrogens is 374 g/mol. The van der Waals surface area contributed by atoms with Crippen molar-refractivity contribution in [2.75, 3.05) is 27.2 Å². The fourth-order valence-corrected chi connectivity index (χ4v) is 3.78. The molecule has 0 fully saturated rings. The van der Waals surface area contributed by atoms with Gasteiger partial charge in [-0.15, -0.1) is 0 Å². The first-order chi connectivity index (χ1) is 14.6. The minimum absolute atomic E-state index is 0.257. The number of nitrogens with zero attached hydrogens (tertiary/aromatic N) is 1. The minimum Gasteiger partial charge on any atom is -0.508 e. The molecule has 3 aromatic carbocycles. The zero-order valence-corrected chi connectivity index (χ0v) is 17.7. The Balaban J connectivity index is 1.86. The number of allylic oxidation sites excluding steroid dienone is 1. The van der Waals surface area contributed by atoms with E-state index in [0.717, 1.165) is 52.5 Å². The van der Waals surface area contributed by atoms with E-state index in [1.165, 1.54) is 5.57 Å². The number of phenols is 1. The standard InChI is InChI=1S/C26H27NO3/c1-4-21-22-7-5-6-8-24(22)30-25-17-20(29-16-15-27(2)3)13-14-23(25)26(21)18-9-11-19(28)12-10-18/h5-14,17,28H,4,15-16H2,1-3H3. The molecule has 0 amide bonds. The van der Waals surface area contributed by atoms with Gasteiger partial charge in [0.05, 0.1) is 0 Å². The number of fused-ring (bicyclic) bond motifs is 2. The van der Waals surface area contributed by atoms with E-state index in [0.29, 0.717) is 6.61 Å². The van der Waals surface area contributed by atoms with E-state index >= 15 is 0 Å². The summed E-state index contributed by atoms with van der Waals surface area (Å²) in [6.07, 6.45) is 0.858. The second-order valence-corrected chi connectivity index (χ2v) is 7.66. The highest BCUT2D eigenvalue weighted by Crippen LogP contribution is 2.47. The molecule has 1 aliphatic heterocycles. The van der Waals surface area contributed by atoms with Crippen LogP contribution in [-0.4, -0.2) is 37.3 Å². The van der Waals surface area contributed by atoms with Crippen molar-refractivity contribution >= 4 is 11.1 Å². The monoisotopic (exact) mass is 401 g/mol. The second kappa shape index (κ2) is 8.64. The molecule has 0 aromatic heterocycles. The van der Waals surface area contributed by atoms with Crippen LogP contribution in [0.4, 0.5) is 0 Å². The number of benzene rings is 3. The van der Waals surface area contributed by atoms with E-state index in [1.807, 2.05) is 56.6 Å². The van der Waals surface area contributed by atoms with Crippen molar-refractivity contribution in [1.82, 2.24) is 4.90 Å². The number of para-hydroxylation sites is 1. The van der Waals surface area contributed by atoms with Crippen LogP contribution in [0.5, 0.6) is 23.0 Å². The number of likely N-dealkylation sites (N-methyl/N-ethyl adjacent to an activating group) is 1. The zero-order chi connectivity index (χ0) is 21.1. The summed E-state index contributed by atoms with van der Waals surface area (Å²) >= 11 is 0. The topological polar surface area (TPSA) is 41.9 Å². The predicted molar refractivity (Wildman–Crippen MR) is 121 cm³/mol. The van der Waals surface area contributed by atoms with E-state index in [9.17, 15) is 5.11 Å². The number of rotatable bonds is 6. The van der Waals surface area contributed by atoms with Crippen molar-refractivity contribution in [2.24, 2.45) is 0 Å². The largest absolute Gasteiger partial charge is 0.508 e. The van der Waals surface area contributed by atoms with Gasteiger partial charge in [-0.3, -0.25) is 0 Å². The third-order valence-corrected chi connectivity index (χ3v) is 5.27. The molecule has 1 N–H and O–H groups in total. The molecule has 0 saturated heterocycles. The van der Waals surface area contributed by atoms with Crippen LogP contribution in [0.15, 0.2) is 66.7 Å². The molecule has 0 atom stereocenters. The molecular formula is C26H27NO3. The summed E-state index contributed by atoms with van der Waals surface area (Å²) in [5.74, 6) is 2.66. The van der Waals surface area contributed by atoms with E-state index in [1.54, 1.807) is 12.1 Å². The lowest BCUT2D eigenvalue weighted by Crippen LogP contribution is -2.19. The van der Waals surface area contributed by atoms with Crippen molar-refractivity contribution in [3.8, 4) is 23.0 Å². The van der Waals surface area contributed by atoms with Gasteiger partial charge < -0.3 is 19.5 Å². The van der Waals surface area contributed by atoms with Gasteiger partial charge in [0.25, 0.3) is 0 Å². The Morgan fingerprint density at radius 2 is 1.67 bits per heavy atom. The van der Waals surface area contributed by atoms with Crippen molar-refractivity contribution < 1.29 is 14.6 Å². The van der Waals surface area contributed by atoms with Crippen LogP contribution in [0.3, 0.4) is 0 Å². The van der Waals surface area contributed by atoms with Gasteiger partial charge in [-0.2, -0.15) is 0 Å². The molecule has 4 nitrogen and oxygen atoms in total. The molecule has 154 valence electrons. The maximum Gasteiger partial charge on any atom is 0.139 e. The van der Waals surface area contributed by atoms with E-state index < -0.39 is 0 Å². The van der Waals surface area contributed by atoms with Gasteiger partial charge in [-0.25, -0.2) is 0 Å². The first-order valence-electron chi connectivity index (χ1n) is 10.3. The van der Waals surface area contributed by atoms with Crippen molar-refractivity contribution in [2.45, 2.75) is 13.3 Å². The third kappa shape index (κ3) is 4.05. The molecule has 1 aliphatic rings. The maximum atomic E-state index is 9.78. The summed E-state index contributed by atoms with van der Waals surface area (Å²) in [7, 11) is 4.06. The van der Waals surface area contributed by atoms with Crippen molar-refractivity contribution in [3.63, 3.8) is 0 Å². The lowest BCUT2D eigenvalue weighted by Gasteiger charge is -2.16. The molecule has 0 unspecified atom stereocenters. The summed E-state index contributed by atoms with van der Waals surface area (Å²) in [5.41, 5.74) is 5.50. The highest BCUT2D eigenvalue weighted by molar-refractivity contribution is 6.02. The second-order valence-electron chi connectivity index (χ2n) is 7.66. The SMILES string of the molecule is CCC1=C(c2ccc(O)cc2)c2ccc(OCCN(C)C)cc2Oc2ccccc21. The normalized spacial score (nSPS) is 12.8. The van der Waals surface area contributed by atoms with Crippen LogP contribution in [0, 0.1) is 0 Å². The van der Waals surface area contributed by atoms with Crippen LogP contribution in [-0.2, 0) is 0 Å². The number of phenolic OH excluding ortho intramolecular Hbond substituents is 1. The van der Waals surface area contributed by atoms with Gasteiger partial charge in [-0.05, 0) is 67.6 Å². The molecule has 0 saturated carbocycles. The van der Waals surface area contributed by atoms with E-state index in [4.69, 9.17) is 9.47 Å². The van der Waals surface area contributed by atoms with Crippen LogP contribution in [0.25, 0.3) is 11.1 Å². The lowest BCUT2D eigenvalue weighted by atomic mass is 9.88. The smallest absolute Gasteiger partial charge is 0.139 e. The Hall–Kier alpha value is -3.24. The van der Waals surface area contributed by atoms with E-state index in [2.05, 4.69) is 24.0 Å². The minimum atomic E-state index is 0.257. The molecule has 1 heterocycles. The highest BCUT2D eigenvalue weighted by Gasteiger charge is 2.23. The molecule has 0 aliphatic carbocycles. The van der Waals surface area contributed by atoms with Gasteiger partial charge in [0, 0.05) is 23.7 Å². The van der Waals surface area contributed by atoms with Gasteiger partial charge in [0.2, 0.25) is 0 Å². The van der Waals surface area contributed by atoms with Crippen LogP contribution in [0.2, 0.25) is 0 Å². The first-order valence-corrected chi connectivity index (χ1v) is 10.3. The number of hydrogen-bond donors (Lipinski definition) is 1. The molecule has 0 bridgehead atoms. The quantitative estimate of drug-likeness (QED) is 0.566. The maximum absolute atomic E-state index is 9.78. The number of aromatic hydroxyl groups is 1. The number of ether oxygens (including phenoxy) is 2. The molecule has 0 spiro atoms. The molecule has 4 heteroatoms. The Morgan fingerprint density at radius 1 is 0.900 bits per heavy atom. The van der Waals surface area contributed by atoms with Gasteiger partial charge in [0.15, 0.2) is 0 Å².